The fraction of sp³-hybridized carbons (Fsp3) is 0.231. The predicted octanol–water partition coefficient (Wildman–Crippen LogP) is 2.48. The largest absolute Gasteiger partial charge is 0.334 e. The van der Waals surface area contributed by atoms with Gasteiger partial charge >= 0.3 is 0 Å². The Morgan fingerprint density at radius 1 is 1.44 bits per heavy atom. The van der Waals surface area contributed by atoms with Crippen LogP contribution < -0.4 is 0 Å². The number of carbonyl (C=O) groups excluding carboxylic acids is 1. The fourth-order valence-corrected chi connectivity index (χ4v) is 3.03. The molecule has 1 amide bonds. The highest BCUT2D eigenvalue weighted by molar-refractivity contribution is 7.10. The van der Waals surface area contributed by atoms with E-state index < -0.39 is 5.82 Å². The van der Waals surface area contributed by atoms with Gasteiger partial charge < -0.3 is 4.90 Å². The zero-order valence-electron chi connectivity index (χ0n) is 9.60. The van der Waals surface area contributed by atoms with Crippen LogP contribution in [0.25, 0.3) is 0 Å². The summed E-state index contributed by atoms with van der Waals surface area (Å²) in [6.07, 6.45) is 3.37. The predicted molar refractivity (Wildman–Crippen MR) is 67.0 cm³/mol. The standard InChI is InChI=1S/C13H11FN2OS/c14-11-7-15-4-1-10(11)13(17)16-5-2-12-9(8-16)3-6-18-12/h1,3-4,6-7H,2,5,8H2. The Kier molecular flexibility index (Phi) is 2.83. The molecule has 0 spiro atoms. The molecule has 0 radical (unpaired) electrons. The second-order valence-electron chi connectivity index (χ2n) is 4.20. The van der Waals surface area contributed by atoms with Crippen LogP contribution in [0, 0.1) is 5.82 Å². The number of nitrogens with zero attached hydrogens (tertiary/aromatic N) is 2. The number of pyridine rings is 1. The van der Waals surface area contributed by atoms with Gasteiger partial charge in [-0.25, -0.2) is 4.39 Å². The number of halogens is 1. The number of thiophene rings is 1. The van der Waals surface area contributed by atoms with E-state index in [9.17, 15) is 9.18 Å². The first kappa shape index (κ1) is 11.3. The second-order valence-corrected chi connectivity index (χ2v) is 5.20. The molecule has 18 heavy (non-hydrogen) atoms. The van der Waals surface area contributed by atoms with Crippen molar-refractivity contribution in [3.63, 3.8) is 0 Å². The molecule has 3 rings (SSSR count). The lowest BCUT2D eigenvalue weighted by atomic mass is 10.1. The minimum absolute atomic E-state index is 0.101. The molecule has 3 nitrogen and oxygen atoms in total. The van der Waals surface area contributed by atoms with Crippen LogP contribution in [0.4, 0.5) is 4.39 Å². The molecule has 0 saturated carbocycles. The summed E-state index contributed by atoms with van der Waals surface area (Å²) in [5.41, 5.74) is 1.28. The van der Waals surface area contributed by atoms with E-state index in [1.165, 1.54) is 22.7 Å². The summed E-state index contributed by atoms with van der Waals surface area (Å²) >= 11 is 1.72. The molecule has 92 valence electrons. The summed E-state index contributed by atoms with van der Waals surface area (Å²) in [6, 6.07) is 3.46. The molecular weight excluding hydrogens is 251 g/mol. The van der Waals surface area contributed by atoms with Crippen molar-refractivity contribution in [3.05, 3.63) is 51.7 Å². The minimum atomic E-state index is -0.557. The lowest BCUT2D eigenvalue weighted by Crippen LogP contribution is -2.35. The number of fused-ring (bicyclic) bond motifs is 1. The number of hydrogen-bond donors (Lipinski definition) is 0. The smallest absolute Gasteiger partial charge is 0.257 e. The SMILES string of the molecule is O=C(c1ccncc1F)N1CCc2sccc2C1. The average Bonchev–Trinajstić information content (AvgIpc) is 2.85. The molecule has 1 aliphatic rings. The van der Waals surface area contributed by atoms with E-state index in [0.717, 1.165) is 12.6 Å². The van der Waals surface area contributed by atoms with E-state index in [0.29, 0.717) is 13.1 Å². The molecule has 1 aliphatic heterocycles. The molecule has 0 saturated heterocycles. The third-order valence-electron chi connectivity index (χ3n) is 3.10. The molecule has 0 unspecified atom stereocenters. The summed E-state index contributed by atoms with van der Waals surface area (Å²) in [5.74, 6) is -0.814. The van der Waals surface area contributed by atoms with Gasteiger partial charge in [0.1, 0.15) is 0 Å². The van der Waals surface area contributed by atoms with Crippen LogP contribution in [0.1, 0.15) is 20.8 Å². The molecule has 2 aromatic heterocycles. The summed E-state index contributed by atoms with van der Waals surface area (Å²) in [7, 11) is 0. The molecule has 0 aromatic carbocycles. The summed E-state index contributed by atoms with van der Waals surface area (Å²) in [6.45, 7) is 1.22. The topological polar surface area (TPSA) is 33.2 Å². The molecule has 0 fully saturated rings. The molecule has 0 atom stereocenters. The minimum Gasteiger partial charge on any atom is -0.334 e. The quantitative estimate of drug-likeness (QED) is 0.791. The maximum Gasteiger partial charge on any atom is 0.257 e. The van der Waals surface area contributed by atoms with Gasteiger partial charge in [-0.05, 0) is 29.5 Å². The van der Waals surface area contributed by atoms with Crippen LogP contribution >= 0.6 is 11.3 Å². The Hall–Kier alpha value is -1.75. The molecule has 0 N–H and O–H groups in total. The maximum atomic E-state index is 13.5. The first-order chi connectivity index (χ1) is 8.75. The van der Waals surface area contributed by atoms with E-state index in [1.54, 1.807) is 16.2 Å². The zero-order valence-corrected chi connectivity index (χ0v) is 10.4. The van der Waals surface area contributed by atoms with Crippen LogP contribution in [0.5, 0.6) is 0 Å². The van der Waals surface area contributed by atoms with Gasteiger partial charge in [-0.2, -0.15) is 0 Å². The number of rotatable bonds is 1. The Morgan fingerprint density at radius 2 is 2.33 bits per heavy atom. The van der Waals surface area contributed by atoms with Crippen molar-refractivity contribution in [1.29, 1.82) is 0 Å². The average molecular weight is 262 g/mol. The van der Waals surface area contributed by atoms with Gasteiger partial charge in [0.05, 0.1) is 11.8 Å². The molecular formula is C13H11FN2OS. The number of amides is 1. The van der Waals surface area contributed by atoms with E-state index in [4.69, 9.17) is 0 Å². The summed E-state index contributed by atoms with van der Waals surface area (Å²) in [5, 5.41) is 2.03. The van der Waals surface area contributed by atoms with Crippen molar-refractivity contribution in [2.24, 2.45) is 0 Å². The van der Waals surface area contributed by atoms with Gasteiger partial charge in [-0.15, -0.1) is 11.3 Å². The van der Waals surface area contributed by atoms with Gasteiger partial charge in [0, 0.05) is 24.2 Å². The maximum absolute atomic E-state index is 13.5. The van der Waals surface area contributed by atoms with Crippen molar-refractivity contribution in [3.8, 4) is 0 Å². The van der Waals surface area contributed by atoms with Crippen LogP contribution in [0.3, 0.4) is 0 Å². The van der Waals surface area contributed by atoms with Crippen molar-refractivity contribution in [2.75, 3.05) is 6.54 Å². The molecule has 0 aliphatic carbocycles. The Labute approximate surface area is 108 Å². The zero-order chi connectivity index (χ0) is 12.5. The number of hydrogen-bond acceptors (Lipinski definition) is 3. The lowest BCUT2D eigenvalue weighted by Gasteiger charge is -2.27. The third-order valence-corrected chi connectivity index (χ3v) is 4.12. The van der Waals surface area contributed by atoms with Gasteiger partial charge in [-0.1, -0.05) is 0 Å². The molecule has 3 heterocycles. The van der Waals surface area contributed by atoms with Gasteiger partial charge in [0.2, 0.25) is 0 Å². The van der Waals surface area contributed by atoms with Crippen LogP contribution in [0.15, 0.2) is 29.9 Å². The first-order valence-electron chi connectivity index (χ1n) is 5.70. The van der Waals surface area contributed by atoms with Crippen molar-refractivity contribution in [1.82, 2.24) is 9.88 Å². The summed E-state index contributed by atoms with van der Waals surface area (Å²) in [4.78, 5) is 18.9. The fourth-order valence-electron chi connectivity index (χ4n) is 2.14. The van der Waals surface area contributed by atoms with E-state index in [1.807, 2.05) is 11.4 Å². The highest BCUT2D eigenvalue weighted by atomic mass is 32.1. The number of carbonyl (C=O) groups is 1. The van der Waals surface area contributed by atoms with Crippen LogP contribution in [-0.2, 0) is 13.0 Å². The summed E-state index contributed by atoms with van der Waals surface area (Å²) < 4.78 is 13.5. The van der Waals surface area contributed by atoms with Crippen molar-refractivity contribution in [2.45, 2.75) is 13.0 Å². The molecule has 0 bridgehead atoms. The number of aromatic nitrogens is 1. The van der Waals surface area contributed by atoms with Crippen LogP contribution in [-0.4, -0.2) is 22.3 Å². The molecule has 2 aromatic rings. The Balaban J connectivity index is 1.85. The molecule has 5 heteroatoms. The van der Waals surface area contributed by atoms with E-state index in [-0.39, 0.29) is 11.5 Å². The Morgan fingerprint density at radius 3 is 3.17 bits per heavy atom. The van der Waals surface area contributed by atoms with Gasteiger partial charge in [0.15, 0.2) is 5.82 Å². The normalized spacial score (nSPS) is 14.4. The first-order valence-corrected chi connectivity index (χ1v) is 6.57. The second kappa shape index (κ2) is 4.49. The highest BCUT2D eigenvalue weighted by Crippen LogP contribution is 2.25. The van der Waals surface area contributed by atoms with Gasteiger partial charge in [-0.3, -0.25) is 9.78 Å². The van der Waals surface area contributed by atoms with Crippen molar-refractivity contribution >= 4 is 17.2 Å². The van der Waals surface area contributed by atoms with Crippen molar-refractivity contribution < 1.29 is 9.18 Å². The van der Waals surface area contributed by atoms with Crippen LogP contribution in [0.2, 0.25) is 0 Å². The monoisotopic (exact) mass is 262 g/mol. The Bertz CT molecular complexity index is 596. The highest BCUT2D eigenvalue weighted by Gasteiger charge is 2.24. The third kappa shape index (κ3) is 1.90. The van der Waals surface area contributed by atoms with E-state index in [2.05, 4.69) is 4.98 Å². The lowest BCUT2D eigenvalue weighted by molar-refractivity contribution is 0.0731. The van der Waals surface area contributed by atoms with E-state index >= 15 is 0 Å². The van der Waals surface area contributed by atoms with Gasteiger partial charge in [0.25, 0.3) is 5.91 Å².